The first-order chi connectivity index (χ1) is 7.22. The first-order valence-electron chi connectivity index (χ1n) is 4.53. The number of nitrogens with one attached hydrogen (secondary N) is 1. The number of halogens is 1. The number of hydrogen-bond acceptors (Lipinski definition) is 4. The SMILES string of the molecule is CNCC(O)c1cn2cncc(Br)c2n1. The van der Waals surface area contributed by atoms with E-state index in [9.17, 15) is 5.11 Å². The normalized spacial score (nSPS) is 13.3. The smallest absolute Gasteiger partial charge is 0.154 e. The fourth-order valence-corrected chi connectivity index (χ4v) is 1.78. The first kappa shape index (κ1) is 10.5. The van der Waals surface area contributed by atoms with Crippen LogP contribution < -0.4 is 5.32 Å². The molecule has 0 aliphatic carbocycles. The Morgan fingerprint density at radius 3 is 3.13 bits per heavy atom. The van der Waals surface area contributed by atoms with Crippen LogP contribution in [0.1, 0.15) is 11.8 Å². The van der Waals surface area contributed by atoms with Crippen LogP contribution in [0.25, 0.3) is 5.65 Å². The van der Waals surface area contributed by atoms with Crippen molar-refractivity contribution in [3.05, 3.63) is 28.9 Å². The van der Waals surface area contributed by atoms with Gasteiger partial charge < -0.3 is 10.4 Å². The summed E-state index contributed by atoms with van der Waals surface area (Å²) in [4.78, 5) is 8.33. The molecule has 1 atom stereocenters. The fourth-order valence-electron chi connectivity index (χ4n) is 1.36. The van der Waals surface area contributed by atoms with Gasteiger partial charge in [-0.15, -0.1) is 0 Å². The maximum absolute atomic E-state index is 9.74. The lowest BCUT2D eigenvalue weighted by atomic mass is 10.3. The van der Waals surface area contributed by atoms with Gasteiger partial charge in [0.15, 0.2) is 5.65 Å². The third-order valence-corrected chi connectivity index (χ3v) is 2.64. The van der Waals surface area contributed by atoms with Gasteiger partial charge in [-0.2, -0.15) is 0 Å². The van der Waals surface area contributed by atoms with Gasteiger partial charge in [-0.05, 0) is 23.0 Å². The standard InChI is InChI=1S/C9H11BrN4O/c1-11-3-8(15)7-4-14-5-12-2-6(10)9(14)13-7/h2,4-5,8,11,15H,3H2,1H3. The van der Waals surface area contributed by atoms with Crippen molar-refractivity contribution < 1.29 is 5.11 Å². The van der Waals surface area contributed by atoms with E-state index in [1.807, 2.05) is 0 Å². The Morgan fingerprint density at radius 1 is 1.67 bits per heavy atom. The van der Waals surface area contributed by atoms with Gasteiger partial charge in [-0.25, -0.2) is 9.97 Å². The molecule has 0 aliphatic rings. The molecule has 0 radical (unpaired) electrons. The van der Waals surface area contributed by atoms with Crippen molar-refractivity contribution in [2.45, 2.75) is 6.10 Å². The van der Waals surface area contributed by atoms with Crippen molar-refractivity contribution in [2.24, 2.45) is 0 Å². The van der Waals surface area contributed by atoms with Crippen LogP contribution in [-0.2, 0) is 0 Å². The number of imidazole rings is 1. The number of likely N-dealkylation sites (N-methyl/N-ethyl adjacent to an activating group) is 1. The zero-order valence-electron chi connectivity index (χ0n) is 8.18. The molecular weight excluding hydrogens is 260 g/mol. The summed E-state index contributed by atoms with van der Waals surface area (Å²) in [5.74, 6) is 0. The fraction of sp³-hybridized carbons (Fsp3) is 0.333. The third-order valence-electron chi connectivity index (χ3n) is 2.08. The molecule has 2 aromatic heterocycles. The van der Waals surface area contributed by atoms with Gasteiger partial charge in [0.2, 0.25) is 0 Å². The van der Waals surface area contributed by atoms with E-state index in [4.69, 9.17) is 0 Å². The highest BCUT2D eigenvalue weighted by atomic mass is 79.9. The largest absolute Gasteiger partial charge is 0.385 e. The molecule has 6 heteroatoms. The molecule has 0 amide bonds. The minimum absolute atomic E-state index is 0.481. The molecule has 1 unspecified atom stereocenters. The van der Waals surface area contributed by atoms with Crippen molar-refractivity contribution in [3.8, 4) is 0 Å². The van der Waals surface area contributed by atoms with E-state index in [2.05, 4.69) is 31.2 Å². The van der Waals surface area contributed by atoms with Crippen molar-refractivity contribution in [3.63, 3.8) is 0 Å². The molecule has 0 saturated heterocycles. The van der Waals surface area contributed by atoms with Crippen molar-refractivity contribution in [2.75, 3.05) is 13.6 Å². The maximum Gasteiger partial charge on any atom is 0.154 e. The van der Waals surface area contributed by atoms with Gasteiger partial charge in [0.1, 0.15) is 12.4 Å². The number of aliphatic hydroxyl groups is 1. The summed E-state index contributed by atoms with van der Waals surface area (Å²) >= 11 is 3.36. The van der Waals surface area contributed by atoms with Crippen molar-refractivity contribution in [1.29, 1.82) is 0 Å². The van der Waals surface area contributed by atoms with E-state index in [0.717, 1.165) is 10.1 Å². The van der Waals surface area contributed by atoms with Gasteiger partial charge in [0.05, 0.1) is 10.2 Å². The molecule has 0 aromatic carbocycles. The average molecular weight is 271 g/mol. The number of hydrogen-bond donors (Lipinski definition) is 2. The lowest BCUT2D eigenvalue weighted by Crippen LogP contribution is -2.16. The lowest BCUT2D eigenvalue weighted by Gasteiger charge is -2.04. The highest BCUT2D eigenvalue weighted by Gasteiger charge is 2.12. The minimum Gasteiger partial charge on any atom is -0.385 e. The maximum atomic E-state index is 9.74. The Morgan fingerprint density at radius 2 is 2.47 bits per heavy atom. The molecule has 0 bridgehead atoms. The van der Waals surface area contributed by atoms with Crippen molar-refractivity contribution >= 4 is 21.6 Å². The summed E-state index contributed by atoms with van der Waals surface area (Å²) < 4.78 is 2.59. The zero-order chi connectivity index (χ0) is 10.8. The molecule has 2 aromatic rings. The molecule has 0 saturated carbocycles. The van der Waals surface area contributed by atoms with Crippen LogP contribution in [0.15, 0.2) is 23.2 Å². The number of nitrogens with zero attached hydrogens (tertiary/aromatic N) is 3. The lowest BCUT2D eigenvalue weighted by molar-refractivity contribution is 0.173. The Balaban J connectivity index is 2.43. The van der Waals surface area contributed by atoms with Crippen molar-refractivity contribution in [1.82, 2.24) is 19.7 Å². The molecule has 2 N–H and O–H groups in total. The predicted molar refractivity (Wildman–Crippen MR) is 59.6 cm³/mol. The van der Waals surface area contributed by atoms with E-state index in [1.165, 1.54) is 0 Å². The minimum atomic E-state index is -0.596. The Kier molecular flexibility index (Phi) is 2.99. The average Bonchev–Trinajstić information content (AvgIpc) is 2.63. The van der Waals surface area contributed by atoms with E-state index in [1.54, 1.807) is 30.2 Å². The Hall–Kier alpha value is -0.980. The number of rotatable bonds is 3. The second-order valence-corrected chi connectivity index (χ2v) is 4.07. The summed E-state index contributed by atoms with van der Waals surface area (Å²) in [6.45, 7) is 0.481. The van der Waals surface area contributed by atoms with Crippen LogP contribution in [-0.4, -0.2) is 33.1 Å². The third kappa shape index (κ3) is 2.01. The van der Waals surface area contributed by atoms with Crippen LogP contribution in [0.5, 0.6) is 0 Å². The highest BCUT2D eigenvalue weighted by molar-refractivity contribution is 9.10. The van der Waals surface area contributed by atoms with E-state index < -0.39 is 6.10 Å². The van der Waals surface area contributed by atoms with Gasteiger partial charge in [0.25, 0.3) is 0 Å². The Bertz CT molecular complexity index is 470. The first-order valence-corrected chi connectivity index (χ1v) is 5.32. The quantitative estimate of drug-likeness (QED) is 0.864. The summed E-state index contributed by atoms with van der Waals surface area (Å²) in [5, 5.41) is 12.6. The van der Waals surface area contributed by atoms with Gasteiger partial charge in [0, 0.05) is 18.9 Å². The van der Waals surface area contributed by atoms with Crippen LogP contribution >= 0.6 is 15.9 Å². The molecule has 2 rings (SSSR count). The molecule has 0 fully saturated rings. The van der Waals surface area contributed by atoms with Gasteiger partial charge >= 0.3 is 0 Å². The van der Waals surface area contributed by atoms with Crippen LogP contribution in [0.3, 0.4) is 0 Å². The summed E-state index contributed by atoms with van der Waals surface area (Å²) in [5.41, 5.74) is 1.40. The molecular formula is C9H11BrN4O. The van der Waals surface area contributed by atoms with Crippen LogP contribution in [0.2, 0.25) is 0 Å². The monoisotopic (exact) mass is 270 g/mol. The molecule has 0 aliphatic heterocycles. The molecule has 15 heavy (non-hydrogen) atoms. The van der Waals surface area contributed by atoms with Gasteiger partial charge in [-0.1, -0.05) is 0 Å². The van der Waals surface area contributed by atoms with E-state index in [0.29, 0.717) is 12.2 Å². The second kappa shape index (κ2) is 4.26. The topological polar surface area (TPSA) is 62.5 Å². The zero-order valence-corrected chi connectivity index (χ0v) is 9.77. The van der Waals surface area contributed by atoms with E-state index >= 15 is 0 Å². The number of aromatic nitrogens is 3. The summed E-state index contributed by atoms with van der Waals surface area (Å²) in [6.07, 6.45) is 4.51. The Labute approximate surface area is 95.3 Å². The van der Waals surface area contributed by atoms with Crippen LogP contribution in [0.4, 0.5) is 0 Å². The molecule has 80 valence electrons. The van der Waals surface area contributed by atoms with Crippen LogP contribution in [0, 0.1) is 0 Å². The predicted octanol–water partition coefficient (Wildman–Crippen LogP) is 0.745. The van der Waals surface area contributed by atoms with Gasteiger partial charge in [-0.3, -0.25) is 4.40 Å². The second-order valence-electron chi connectivity index (χ2n) is 3.21. The molecule has 0 spiro atoms. The summed E-state index contributed by atoms with van der Waals surface area (Å²) in [6, 6.07) is 0. The summed E-state index contributed by atoms with van der Waals surface area (Å²) in [7, 11) is 1.79. The van der Waals surface area contributed by atoms with E-state index in [-0.39, 0.29) is 0 Å². The number of aliphatic hydroxyl groups excluding tert-OH is 1. The molecule has 2 heterocycles. The highest BCUT2D eigenvalue weighted by Crippen LogP contribution is 2.18. The molecule has 5 nitrogen and oxygen atoms in total. The number of fused-ring (bicyclic) bond motifs is 1.